The maximum absolute atomic E-state index is 13.6. The Morgan fingerprint density at radius 3 is 2.47 bits per heavy atom. The minimum Gasteiger partial charge on any atom is -0.497 e. The highest BCUT2D eigenvalue weighted by atomic mass is 32.1. The van der Waals surface area contributed by atoms with Crippen molar-refractivity contribution in [2.75, 3.05) is 21.3 Å². The first kappa shape index (κ1) is 20.0. The van der Waals surface area contributed by atoms with Gasteiger partial charge >= 0.3 is 5.97 Å². The number of esters is 1. The van der Waals surface area contributed by atoms with E-state index >= 15 is 0 Å². The third kappa shape index (κ3) is 3.11. The molecule has 2 heterocycles. The molecule has 0 bridgehead atoms. The van der Waals surface area contributed by atoms with Gasteiger partial charge in [-0.05, 0) is 30.2 Å². The Kier molecular flexibility index (Phi) is 5.22. The molecule has 0 spiro atoms. The van der Waals surface area contributed by atoms with Crippen LogP contribution in [-0.2, 0) is 14.3 Å². The van der Waals surface area contributed by atoms with Crippen LogP contribution in [0.3, 0.4) is 0 Å². The van der Waals surface area contributed by atoms with Crippen LogP contribution in [0.1, 0.15) is 24.1 Å². The van der Waals surface area contributed by atoms with Crippen LogP contribution in [0.15, 0.2) is 65.9 Å². The van der Waals surface area contributed by atoms with Gasteiger partial charge in [0.1, 0.15) is 10.6 Å². The van der Waals surface area contributed by atoms with E-state index in [1.165, 1.54) is 18.0 Å². The Balaban J connectivity index is 1.93. The molecule has 7 heteroatoms. The summed E-state index contributed by atoms with van der Waals surface area (Å²) in [5, 5.41) is 0.761. The lowest BCUT2D eigenvalue weighted by molar-refractivity contribution is -0.137. The van der Waals surface area contributed by atoms with Crippen molar-refractivity contribution < 1.29 is 19.1 Å². The number of hydrogen-bond donors (Lipinski definition) is 0. The monoisotopic (exact) mass is 422 g/mol. The number of rotatable bonds is 4. The average Bonchev–Trinajstić information content (AvgIpc) is 3.13. The maximum atomic E-state index is 13.6. The van der Waals surface area contributed by atoms with Gasteiger partial charge < -0.3 is 14.4 Å². The molecule has 0 fully saturated rings. The summed E-state index contributed by atoms with van der Waals surface area (Å²) in [7, 11) is 6.22. The molecular weight excluding hydrogens is 400 g/mol. The lowest BCUT2D eigenvalue weighted by Crippen LogP contribution is -2.51. The molecule has 2 aliphatic rings. The Morgan fingerprint density at radius 2 is 1.80 bits per heavy atom. The van der Waals surface area contributed by atoms with Crippen molar-refractivity contribution in [1.29, 1.82) is 0 Å². The van der Waals surface area contributed by atoms with Gasteiger partial charge in [-0.1, -0.05) is 53.4 Å². The van der Waals surface area contributed by atoms with Crippen LogP contribution in [-0.4, -0.2) is 52.9 Å². The molecule has 30 heavy (non-hydrogen) atoms. The molecule has 2 aromatic carbocycles. The summed E-state index contributed by atoms with van der Waals surface area (Å²) < 4.78 is 10.5. The van der Waals surface area contributed by atoms with Crippen molar-refractivity contribution in [3.63, 3.8) is 0 Å². The molecule has 0 radical (unpaired) electrons. The summed E-state index contributed by atoms with van der Waals surface area (Å²) in [5.41, 5.74) is 2.81. The molecule has 4 rings (SSSR count). The van der Waals surface area contributed by atoms with Gasteiger partial charge in [0, 0.05) is 12.7 Å². The highest BCUT2D eigenvalue weighted by Gasteiger charge is 2.45. The third-order valence-electron chi connectivity index (χ3n) is 5.37. The molecule has 2 aromatic rings. The van der Waals surface area contributed by atoms with E-state index in [4.69, 9.17) is 9.47 Å². The minimum atomic E-state index is -0.611. The zero-order chi connectivity index (χ0) is 21.4. The standard InChI is InChI=1S/C23H22N2O4S/c1-14-18(22(27)29-4)19(16-11-8-12-17(13-16)28-3)25-21(26)20(30-23(25)24(14)2)15-9-6-5-7-10-15/h5-13,19H,1-4H3/t19-/m1/s1. The van der Waals surface area contributed by atoms with E-state index in [0.717, 1.165) is 21.9 Å². The molecule has 1 atom stereocenters. The highest BCUT2D eigenvalue weighted by molar-refractivity contribution is 8.00. The molecule has 0 aliphatic carbocycles. The number of allylic oxidation sites excluding steroid dienone is 1. The van der Waals surface area contributed by atoms with E-state index < -0.39 is 12.0 Å². The Morgan fingerprint density at radius 1 is 1.07 bits per heavy atom. The topological polar surface area (TPSA) is 59.1 Å². The highest BCUT2D eigenvalue weighted by Crippen LogP contribution is 2.40. The van der Waals surface area contributed by atoms with E-state index in [2.05, 4.69) is 0 Å². The number of carbonyl (C=O) groups is 2. The number of carbonyl (C=O) groups excluding carboxylic acids is 2. The molecule has 0 unspecified atom stereocenters. The number of hydrogen-bond acceptors (Lipinski definition) is 5. The number of methoxy groups -OCH3 is 2. The van der Waals surface area contributed by atoms with Gasteiger partial charge in [0.2, 0.25) is 0 Å². The van der Waals surface area contributed by atoms with Crippen molar-refractivity contribution >= 4 is 32.8 Å². The lowest BCUT2D eigenvalue weighted by Gasteiger charge is -2.41. The first-order valence-electron chi connectivity index (χ1n) is 9.45. The number of nitrogens with zero attached hydrogens (tertiary/aromatic N) is 2. The van der Waals surface area contributed by atoms with Gasteiger partial charge in [-0.3, -0.25) is 9.69 Å². The van der Waals surface area contributed by atoms with E-state index in [1.807, 2.05) is 73.5 Å². The largest absolute Gasteiger partial charge is 0.497 e. The number of fused-ring (bicyclic) bond motifs is 1. The summed E-state index contributed by atoms with van der Waals surface area (Å²) in [6, 6.07) is 16.4. The van der Waals surface area contributed by atoms with Gasteiger partial charge in [-0.2, -0.15) is 0 Å². The summed E-state index contributed by atoms with van der Waals surface area (Å²) >= 11 is 0. The van der Waals surface area contributed by atoms with Gasteiger partial charge in [0.05, 0.1) is 25.8 Å². The first-order valence-corrected chi connectivity index (χ1v) is 10.3. The van der Waals surface area contributed by atoms with Crippen molar-refractivity contribution in [3.05, 3.63) is 77.0 Å². The average molecular weight is 423 g/mol. The second kappa shape index (κ2) is 7.84. The van der Waals surface area contributed by atoms with E-state index in [1.54, 1.807) is 12.0 Å². The van der Waals surface area contributed by atoms with Gasteiger partial charge in [-0.25, -0.2) is 4.79 Å². The SMILES string of the molecule is COC(=O)C1=C(C)N(C)C2=S=C(c3ccccc3)C(=O)N2[C@@H]1c1cccc(OC)c1. The van der Waals surface area contributed by atoms with Gasteiger partial charge in [0.15, 0.2) is 5.11 Å². The van der Waals surface area contributed by atoms with E-state index in [-0.39, 0.29) is 5.91 Å². The fourth-order valence-electron chi connectivity index (χ4n) is 3.76. The van der Waals surface area contributed by atoms with E-state index in [0.29, 0.717) is 16.2 Å². The van der Waals surface area contributed by atoms with E-state index in [9.17, 15) is 9.59 Å². The minimum absolute atomic E-state index is 0.144. The van der Waals surface area contributed by atoms with Crippen LogP contribution >= 0.6 is 10.9 Å². The first-order chi connectivity index (χ1) is 14.5. The van der Waals surface area contributed by atoms with Crippen molar-refractivity contribution in [3.8, 4) is 5.75 Å². The predicted molar refractivity (Wildman–Crippen MR) is 118 cm³/mol. The fourth-order valence-corrected chi connectivity index (χ4v) is 4.94. The molecule has 1 amide bonds. The normalized spacial score (nSPS) is 18.4. The quantitative estimate of drug-likeness (QED) is 0.560. The van der Waals surface area contributed by atoms with Gasteiger partial charge in [-0.15, -0.1) is 0 Å². The molecule has 0 N–H and O–H groups in total. The number of benzene rings is 2. The van der Waals surface area contributed by atoms with Crippen LogP contribution in [0.25, 0.3) is 0 Å². The van der Waals surface area contributed by atoms with Gasteiger partial charge in [0.25, 0.3) is 5.91 Å². The summed E-state index contributed by atoms with van der Waals surface area (Å²) in [6.07, 6.45) is 0. The molecule has 0 saturated heterocycles. The van der Waals surface area contributed by atoms with Crippen molar-refractivity contribution in [2.45, 2.75) is 13.0 Å². The lowest BCUT2D eigenvalue weighted by atomic mass is 9.92. The Bertz CT molecular complexity index is 1130. The molecule has 6 nitrogen and oxygen atoms in total. The molecule has 2 aliphatic heterocycles. The maximum Gasteiger partial charge on any atom is 0.337 e. The van der Waals surface area contributed by atoms with Crippen LogP contribution in [0, 0.1) is 0 Å². The zero-order valence-corrected chi connectivity index (χ0v) is 18.0. The number of ether oxygens (including phenoxy) is 2. The predicted octanol–water partition coefficient (Wildman–Crippen LogP) is 3.01. The number of amides is 1. The van der Waals surface area contributed by atoms with Crippen LogP contribution in [0.4, 0.5) is 0 Å². The van der Waals surface area contributed by atoms with Crippen LogP contribution < -0.4 is 4.74 Å². The van der Waals surface area contributed by atoms with Crippen LogP contribution in [0.2, 0.25) is 0 Å². The third-order valence-corrected chi connectivity index (χ3v) is 6.64. The Labute approximate surface area is 178 Å². The molecule has 154 valence electrons. The second-order valence-corrected chi connectivity index (χ2v) is 7.96. The molecule has 0 saturated carbocycles. The summed E-state index contributed by atoms with van der Waals surface area (Å²) in [6.45, 7) is 1.87. The van der Waals surface area contributed by atoms with Crippen molar-refractivity contribution in [1.82, 2.24) is 9.80 Å². The fraction of sp³-hybridized carbons (Fsp3) is 0.217. The van der Waals surface area contributed by atoms with Crippen molar-refractivity contribution in [2.24, 2.45) is 0 Å². The second-order valence-electron chi connectivity index (χ2n) is 6.98. The smallest absolute Gasteiger partial charge is 0.337 e. The molecular formula is C23H22N2O4S. The summed E-state index contributed by atoms with van der Waals surface area (Å²) in [5.74, 6) is 0.0494. The van der Waals surface area contributed by atoms with Crippen LogP contribution in [0.5, 0.6) is 5.75 Å². The molecule has 0 aromatic heterocycles. The zero-order valence-electron chi connectivity index (χ0n) is 17.2. The summed E-state index contributed by atoms with van der Waals surface area (Å²) in [4.78, 5) is 30.6. The Hall–Kier alpha value is -3.32.